The number of rotatable bonds is 4. The van der Waals surface area contributed by atoms with Crippen LogP contribution in [0, 0.1) is 26.7 Å². The lowest BCUT2D eigenvalue weighted by Crippen LogP contribution is -2.08. The molecule has 0 aliphatic heterocycles. The third-order valence-electron chi connectivity index (χ3n) is 3.15. The van der Waals surface area contributed by atoms with Crippen molar-refractivity contribution in [2.75, 3.05) is 0 Å². The van der Waals surface area contributed by atoms with Gasteiger partial charge in [0, 0.05) is 12.8 Å². The third kappa shape index (κ3) is 3.19. The molecule has 0 N–H and O–H groups in total. The highest BCUT2D eigenvalue weighted by Crippen LogP contribution is 2.30. The number of carbonyl (C=O) groups excluding carboxylic acids is 2. The Labute approximate surface area is 108 Å². The molecule has 3 nitrogen and oxygen atoms in total. The van der Waals surface area contributed by atoms with Crippen molar-refractivity contribution in [3.63, 3.8) is 0 Å². The fraction of sp³-hybridized carbons (Fsp3) is 0.467. The van der Waals surface area contributed by atoms with Crippen LogP contribution in [0.5, 0.6) is 5.75 Å². The van der Waals surface area contributed by atoms with Crippen molar-refractivity contribution >= 4 is 12.3 Å². The van der Waals surface area contributed by atoms with E-state index in [9.17, 15) is 9.59 Å². The average Bonchev–Trinajstić information content (AvgIpc) is 2.31. The van der Waals surface area contributed by atoms with Crippen LogP contribution in [0.4, 0.5) is 0 Å². The van der Waals surface area contributed by atoms with Crippen molar-refractivity contribution in [1.82, 2.24) is 0 Å². The molecule has 0 radical (unpaired) electrons. The molecule has 0 saturated carbocycles. The lowest BCUT2D eigenvalue weighted by molar-refractivity contribution is -0.132. The Kier molecular flexibility index (Phi) is 4.65. The van der Waals surface area contributed by atoms with E-state index in [0.29, 0.717) is 5.75 Å². The number of aldehydes is 1. The standard InChI is InChI=1S/C15H20O3/c1-9(8-16)6-14-7-10(2)15(18-13(5)17)12(4)11(14)3/h7-9H,6H2,1-5H3. The third-order valence-corrected chi connectivity index (χ3v) is 3.15. The number of hydrogen-bond acceptors (Lipinski definition) is 3. The van der Waals surface area contributed by atoms with Crippen molar-refractivity contribution in [3.8, 4) is 5.75 Å². The zero-order chi connectivity index (χ0) is 13.9. The molecule has 0 heterocycles. The molecule has 1 aromatic carbocycles. The van der Waals surface area contributed by atoms with Crippen molar-refractivity contribution < 1.29 is 14.3 Å². The number of hydrogen-bond donors (Lipinski definition) is 0. The predicted octanol–water partition coefficient (Wildman–Crippen LogP) is 2.91. The molecule has 3 heteroatoms. The SMILES string of the molecule is CC(=O)Oc1c(C)cc(CC(C)C=O)c(C)c1C. The summed E-state index contributed by atoms with van der Waals surface area (Å²) >= 11 is 0. The molecule has 1 atom stereocenters. The van der Waals surface area contributed by atoms with Gasteiger partial charge in [-0.2, -0.15) is 0 Å². The first-order valence-corrected chi connectivity index (χ1v) is 6.10. The topological polar surface area (TPSA) is 43.4 Å². The molecule has 18 heavy (non-hydrogen) atoms. The molecule has 1 aromatic rings. The fourth-order valence-corrected chi connectivity index (χ4v) is 2.05. The molecule has 1 unspecified atom stereocenters. The van der Waals surface area contributed by atoms with Crippen LogP contribution in [-0.4, -0.2) is 12.3 Å². The Bertz CT molecular complexity index is 475. The van der Waals surface area contributed by atoms with Gasteiger partial charge < -0.3 is 9.53 Å². The first kappa shape index (κ1) is 14.4. The maximum Gasteiger partial charge on any atom is 0.308 e. The number of ether oxygens (including phenoxy) is 1. The molecule has 0 bridgehead atoms. The molecule has 0 aliphatic rings. The summed E-state index contributed by atoms with van der Waals surface area (Å²) in [7, 11) is 0. The normalized spacial score (nSPS) is 12.1. The fourth-order valence-electron chi connectivity index (χ4n) is 2.05. The number of benzene rings is 1. The molecule has 0 spiro atoms. The Morgan fingerprint density at radius 1 is 1.33 bits per heavy atom. The van der Waals surface area contributed by atoms with Crippen molar-refractivity contribution in [1.29, 1.82) is 0 Å². The summed E-state index contributed by atoms with van der Waals surface area (Å²) in [5.74, 6) is 0.333. The van der Waals surface area contributed by atoms with E-state index in [1.807, 2.05) is 33.8 Å². The molecule has 0 aromatic heterocycles. The summed E-state index contributed by atoms with van der Waals surface area (Å²) in [6.07, 6.45) is 1.68. The Balaban J connectivity index is 3.19. The van der Waals surface area contributed by atoms with Gasteiger partial charge >= 0.3 is 5.97 Å². The van der Waals surface area contributed by atoms with Crippen LogP contribution in [0.1, 0.15) is 36.1 Å². The maximum atomic E-state index is 11.1. The van der Waals surface area contributed by atoms with Crippen LogP contribution in [0.3, 0.4) is 0 Å². The summed E-state index contributed by atoms with van der Waals surface area (Å²) in [5.41, 5.74) is 4.13. The average molecular weight is 248 g/mol. The number of carbonyl (C=O) groups is 2. The lowest BCUT2D eigenvalue weighted by atomic mass is 9.93. The van der Waals surface area contributed by atoms with Gasteiger partial charge in [-0.1, -0.05) is 13.0 Å². The second kappa shape index (κ2) is 5.80. The second-order valence-electron chi connectivity index (χ2n) is 4.84. The summed E-state index contributed by atoms with van der Waals surface area (Å²) < 4.78 is 5.23. The minimum atomic E-state index is -0.311. The van der Waals surface area contributed by atoms with Crippen LogP contribution in [0.25, 0.3) is 0 Å². The van der Waals surface area contributed by atoms with Crippen molar-refractivity contribution in [2.45, 2.75) is 41.0 Å². The van der Waals surface area contributed by atoms with Gasteiger partial charge in [0.05, 0.1) is 0 Å². The number of esters is 1. The molecule has 0 fully saturated rings. The van der Waals surface area contributed by atoms with Crippen molar-refractivity contribution in [3.05, 3.63) is 28.3 Å². The molecule has 98 valence electrons. The first-order chi connectivity index (χ1) is 8.36. The van der Waals surface area contributed by atoms with Crippen LogP contribution < -0.4 is 4.74 Å². The van der Waals surface area contributed by atoms with E-state index in [-0.39, 0.29) is 11.9 Å². The second-order valence-corrected chi connectivity index (χ2v) is 4.84. The van der Waals surface area contributed by atoms with Gasteiger partial charge in [0.25, 0.3) is 0 Å². The lowest BCUT2D eigenvalue weighted by Gasteiger charge is -2.16. The smallest absolute Gasteiger partial charge is 0.308 e. The van der Waals surface area contributed by atoms with E-state index < -0.39 is 0 Å². The van der Waals surface area contributed by atoms with E-state index in [2.05, 4.69) is 0 Å². The zero-order valence-electron chi connectivity index (χ0n) is 11.7. The Morgan fingerprint density at radius 2 is 1.94 bits per heavy atom. The summed E-state index contributed by atoms with van der Waals surface area (Å²) in [5, 5.41) is 0. The quantitative estimate of drug-likeness (QED) is 0.467. The Hall–Kier alpha value is -1.64. The molecule has 0 amide bonds. The monoisotopic (exact) mass is 248 g/mol. The van der Waals surface area contributed by atoms with Crippen LogP contribution in [-0.2, 0) is 16.0 Å². The van der Waals surface area contributed by atoms with E-state index in [1.165, 1.54) is 6.92 Å². The maximum absolute atomic E-state index is 11.1. The Morgan fingerprint density at radius 3 is 2.44 bits per heavy atom. The highest BCUT2D eigenvalue weighted by Gasteiger charge is 2.14. The number of aryl methyl sites for hydroxylation is 1. The van der Waals surface area contributed by atoms with Crippen LogP contribution in [0.15, 0.2) is 6.07 Å². The highest BCUT2D eigenvalue weighted by atomic mass is 16.5. The van der Waals surface area contributed by atoms with E-state index in [0.717, 1.165) is 35.0 Å². The van der Waals surface area contributed by atoms with Crippen LogP contribution >= 0.6 is 0 Å². The molecule has 1 rings (SSSR count). The highest BCUT2D eigenvalue weighted by molar-refractivity contribution is 5.71. The van der Waals surface area contributed by atoms with Gasteiger partial charge in [-0.15, -0.1) is 0 Å². The summed E-state index contributed by atoms with van der Waals surface area (Å²) in [6.45, 7) is 9.15. The molecule has 0 aliphatic carbocycles. The van der Waals surface area contributed by atoms with E-state index >= 15 is 0 Å². The van der Waals surface area contributed by atoms with Gasteiger partial charge in [0.2, 0.25) is 0 Å². The van der Waals surface area contributed by atoms with E-state index in [1.54, 1.807) is 0 Å². The van der Waals surface area contributed by atoms with Gasteiger partial charge in [-0.05, 0) is 49.4 Å². The van der Waals surface area contributed by atoms with Crippen molar-refractivity contribution in [2.24, 2.45) is 5.92 Å². The van der Waals surface area contributed by atoms with Gasteiger partial charge in [-0.25, -0.2) is 0 Å². The predicted molar refractivity (Wildman–Crippen MR) is 70.9 cm³/mol. The minimum Gasteiger partial charge on any atom is -0.426 e. The van der Waals surface area contributed by atoms with E-state index in [4.69, 9.17) is 4.74 Å². The summed E-state index contributed by atoms with van der Waals surface area (Å²) in [6, 6.07) is 2.00. The summed E-state index contributed by atoms with van der Waals surface area (Å²) in [4.78, 5) is 21.8. The molecular formula is C15H20O3. The zero-order valence-corrected chi connectivity index (χ0v) is 11.7. The largest absolute Gasteiger partial charge is 0.426 e. The molecular weight excluding hydrogens is 228 g/mol. The van der Waals surface area contributed by atoms with Gasteiger partial charge in [-0.3, -0.25) is 4.79 Å². The van der Waals surface area contributed by atoms with Gasteiger partial charge in [0.1, 0.15) is 12.0 Å². The molecule has 0 saturated heterocycles. The first-order valence-electron chi connectivity index (χ1n) is 6.10. The van der Waals surface area contributed by atoms with Gasteiger partial charge in [0.15, 0.2) is 0 Å². The minimum absolute atomic E-state index is 0.00192. The van der Waals surface area contributed by atoms with Crippen LogP contribution in [0.2, 0.25) is 0 Å².